The Hall–Kier alpha value is -0.712. The lowest BCUT2D eigenvalue weighted by Gasteiger charge is -2.51. The fraction of sp³-hybridized carbons (Fsp3) is 0.934. The number of ether oxygens (including phenoxy) is 14. The van der Waals surface area contributed by atoms with E-state index in [1.165, 1.54) is 24.3 Å². The van der Waals surface area contributed by atoms with E-state index in [0.717, 1.165) is 0 Å². The van der Waals surface area contributed by atoms with Crippen LogP contribution in [0.2, 0.25) is 127 Å². The highest BCUT2D eigenvalue weighted by molar-refractivity contribution is 7.86. The minimum Gasteiger partial charge on any atom is -0.414 e. The van der Waals surface area contributed by atoms with Crippen LogP contribution in [0.15, 0.2) is 29.2 Å². The Kier molecular flexibility index (Phi) is 38.3. The van der Waals surface area contributed by atoms with E-state index in [9.17, 15) is 66.4 Å². The molecule has 15 saturated heterocycles. The number of hydrogen-bond acceptors (Lipinski definition) is 37. The molecule has 0 amide bonds. The predicted molar refractivity (Wildman–Crippen MR) is 518 cm³/mol. The van der Waals surface area contributed by atoms with Crippen molar-refractivity contribution in [2.24, 2.45) is 0 Å². The van der Waals surface area contributed by atoms with Gasteiger partial charge in [0.25, 0.3) is 10.1 Å². The van der Waals surface area contributed by atoms with Crippen LogP contribution in [-0.4, -0.2) is 394 Å². The molecule has 0 radical (unpaired) electrons. The molecule has 16 rings (SSSR count). The third-order valence-electron chi connectivity index (χ3n) is 31.9. The smallest absolute Gasteiger partial charge is 0.297 e. The first-order valence-corrected chi connectivity index (χ1v) is 69.9. The first-order valence-electron chi connectivity index (χ1n) is 48.1. The standard InChI is InChI=1S/C91H174O37SSi7/c1-48-37-39-49(40-38-48)129(105,106)128-77-69(104)76-56(47-113-136(35,36)91(20,21)22)120-84(77)127-75-55(46-112-135(33,34)90(17,18)19)119-82(68(103)62(75)97)125-73-53(44-110-133(29,30)88(11,12)13)117-80(66(101)60(73)95)123-71-51(42-108-131(25,26)86(5,6)7)115-78(64(99)58(71)93)121-70-50(41-107-130(23,24)85(2,3)4)114-79(63(98)57(70)92)122-72-52(43-109-132(27,28)87(8,9)10)116-81(65(100)59(72)94)124-74-54(45-111-134(31,32)89(14,15)16)118-83(126-76)67(102)61(74)96/h37-40,50-84,92-104H,41-47H2,1-36H3/t50-,51-,52-,53-,54-,55-,56-,57-,58-,59-,60-,61-,62-,63-,64-,65-,66-,67-,68-,69+,70-,71-,72-,73-,74-,75-,76-,77-,78-,79-,80-,81-,82-,83-,84-/m1/s1. The van der Waals surface area contributed by atoms with E-state index in [1.807, 2.05) is 237 Å². The molecule has 14 bridgehead atoms. The van der Waals surface area contributed by atoms with E-state index in [1.54, 1.807) is 6.92 Å². The van der Waals surface area contributed by atoms with Crippen LogP contribution in [-0.2, 0) is 112 Å². The molecule has 15 aliphatic rings. The molecule has 0 saturated carbocycles. The molecule has 794 valence electrons. The maximum absolute atomic E-state index is 15.2. The van der Waals surface area contributed by atoms with Gasteiger partial charge in [0.15, 0.2) is 108 Å². The average Bonchev–Trinajstić information content (AvgIpc) is 0.779. The summed E-state index contributed by atoms with van der Waals surface area (Å²) in [5.74, 6) is 0. The summed E-state index contributed by atoms with van der Waals surface area (Å²) < 4.78 is 179. The van der Waals surface area contributed by atoms with Crippen molar-refractivity contribution in [1.29, 1.82) is 0 Å². The summed E-state index contributed by atoms with van der Waals surface area (Å²) in [4.78, 5) is -0.399. The van der Waals surface area contributed by atoms with Gasteiger partial charge in [-0.15, -0.1) is 0 Å². The van der Waals surface area contributed by atoms with Gasteiger partial charge >= 0.3 is 0 Å². The topological polar surface area (TPSA) is 500 Å². The van der Waals surface area contributed by atoms with Gasteiger partial charge in [-0.05, 0) is 146 Å². The first kappa shape index (κ1) is 119. The lowest BCUT2D eigenvalue weighted by atomic mass is 9.95. The Morgan fingerprint density at radius 3 is 0.544 bits per heavy atom. The normalized spacial score (nSPS) is 38.5. The number of rotatable bonds is 24. The van der Waals surface area contributed by atoms with Crippen LogP contribution in [0, 0.1) is 6.92 Å². The molecule has 136 heavy (non-hydrogen) atoms. The van der Waals surface area contributed by atoms with Gasteiger partial charge in [-0.3, -0.25) is 4.18 Å². The van der Waals surface area contributed by atoms with E-state index in [-0.39, 0.29) is 0 Å². The zero-order valence-electron chi connectivity index (χ0n) is 87.5. The quantitative estimate of drug-likeness (QED) is 0.0348. The van der Waals surface area contributed by atoms with Crippen LogP contribution in [0.5, 0.6) is 0 Å². The Labute approximate surface area is 815 Å². The molecule has 0 aromatic heterocycles. The molecule has 35 atom stereocenters. The van der Waals surface area contributed by atoms with Crippen molar-refractivity contribution >= 4 is 68.3 Å². The number of aryl methyl sites for hydroxylation is 1. The highest BCUT2D eigenvalue weighted by Crippen LogP contribution is 2.49. The number of aliphatic hydroxyl groups is 13. The van der Waals surface area contributed by atoms with Crippen molar-refractivity contribution in [3.63, 3.8) is 0 Å². The van der Waals surface area contributed by atoms with Crippen LogP contribution in [0.4, 0.5) is 0 Å². The highest BCUT2D eigenvalue weighted by atomic mass is 32.2. The molecule has 15 fully saturated rings. The van der Waals surface area contributed by atoms with E-state index in [0.29, 0.717) is 5.56 Å². The second-order valence-corrected chi connectivity index (χ2v) is 84.4. The monoisotopic (exact) mass is 2090 g/mol. The second kappa shape index (κ2) is 43.8. The third kappa shape index (κ3) is 27.1. The van der Waals surface area contributed by atoms with Crippen molar-refractivity contribution in [2.75, 3.05) is 46.2 Å². The molecule has 0 unspecified atom stereocenters. The molecule has 45 heteroatoms. The van der Waals surface area contributed by atoms with Gasteiger partial charge < -0.3 is 164 Å². The van der Waals surface area contributed by atoms with Crippen LogP contribution < -0.4 is 0 Å². The zero-order chi connectivity index (χ0) is 103. The van der Waals surface area contributed by atoms with Gasteiger partial charge in [-0.1, -0.05) is 163 Å². The molecular formula is C91H174O37SSi7. The number of hydrogen-bond donors (Lipinski definition) is 13. The summed E-state index contributed by atoms with van der Waals surface area (Å²) in [6.45, 7) is 67.6. The Balaban J connectivity index is 1.26. The fourth-order valence-electron chi connectivity index (χ4n) is 14.9. The number of fused-ring (bicyclic) bond motifs is 7. The maximum Gasteiger partial charge on any atom is 0.297 e. The van der Waals surface area contributed by atoms with Gasteiger partial charge in [-0.25, -0.2) is 0 Å². The average molecular weight is 2090 g/mol. The molecule has 13 N–H and O–H groups in total. The summed E-state index contributed by atoms with van der Waals surface area (Å²) in [7, 11) is -25.3. The van der Waals surface area contributed by atoms with Crippen molar-refractivity contribution in [2.45, 2.75) is 499 Å². The Bertz CT molecular complexity index is 4040. The van der Waals surface area contributed by atoms with Gasteiger partial charge in [0.05, 0.1) is 51.1 Å². The first-order chi connectivity index (χ1) is 61.6. The maximum atomic E-state index is 15.2. The molecule has 1 aromatic carbocycles. The molecular weight excluding hydrogens is 1910 g/mol. The molecule has 0 aliphatic carbocycles. The summed E-state index contributed by atoms with van der Waals surface area (Å²) in [5.41, 5.74) is 0.665. The van der Waals surface area contributed by atoms with Crippen LogP contribution in [0.25, 0.3) is 0 Å². The molecule has 15 heterocycles. The molecule has 1 aromatic rings. The Morgan fingerprint density at radius 2 is 0.382 bits per heavy atom. The number of aliphatic hydroxyl groups excluding tert-OH is 13. The summed E-state index contributed by atoms with van der Waals surface area (Å²) >= 11 is 0. The highest BCUT2D eigenvalue weighted by Gasteiger charge is 2.63. The van der Waals surface area contributed by atoms with Gasteiger partial charge in [0.2, 0.25) is 0 Å². The second-order valence-electron chi connectivity index (χ2n) is 49.2. The van der Waals surface area contributed by atoms with Crippen molar-refractivity contribution in [1.82, 2.24) is 0 Å². The minimum absolute atomic E-state index is 0.392. The third-order valence-corrected chi connectivity index (χ3v) is 64.8. The van der Waals surface area contributed by atoms with E-state index >= 15 is 8.42 Å². The lowest BCUT2D eigenvalue weighted by Crippen LogP contribution is -2.69. The summed E-state index contributed by atoms with van der Waals surface area (Å²) in [5, 5.41) is 165. The van der Waals surface area contributed by atoms with E-state index in [4.69, 9.17) is 101 Å². The lowest BCUT2D eigenvalue weighted by molar-refractivity contribution is -0.396. The molecule has 0 spiro atoms. The Morgan fingerprint density at radius 1 is 0.235 bits per heavy atom. The zero-order valence-corrected chi connectivity index (χ0v) is 95.3. The number of benzene rings is 1. The van der Waals surface area contributed by atoms with E-state index in [2.05, 4.69) is 0 Å². The fourth-order valence-corrected chi connectivity index (χ4v) is 23.0. The summed E-state index contributed by atoms with van der Waals surface area (Å²) in [6, 6.07) is 5.57. The SMILES string of the molecule is Cc1ccc(S(=O)(=O)O[C@H]2[C@H]3O[C@H]4[C@H](O)[C@@H](O)[C@@H](O[C@H]5[C@H](O)[C@@H](O)[C@@H](O[C@H]6[C@H](O)[C@@H](O)[C@@H](O[C@H]7[C@H](O)[C@@H](O)[C@@H](O[C@H]8[C@H](O)[C@@H](O)[C@@H](O[C@H]9[C@H](O)[C@@H](O)[C@@H](O[C@@H]([C@@H]2O)[C@@H](CO[Si](C)(C)C(C)(C)C)O3)O[C@@H]9CO[Si](C)(C)C(C)(C)C)O[C@@H]8CO[Si](C)(C)C(C)(C)C)O[C@@H]7CO[Si](C)(C)C(C)(C)C)O[C@@H]6CO[Si](C)(C)C(C)(C)C)O[C@@H]5CO[Si](C)(C)C(C)(C)C)O[C@@H]4CO[Si](C)(C)C(C)(C)C)cc1. The largest absolute Gasteiger partial charge is 0.414 e. The van der Waals surface area contributed by atoms with Crippen molar-refractivity contribution in [3.05, 3.63) is 29.8 Å². The van der Waals surface area contributed by atoms with Crippen LogP contribution >= 0.6 is 0 Å². The van der Waals surface area contributed by atoms with Crippen molar-refractivity contribution < 1.29 is 176 Å². The van der Waals surface area contributed by atoms with Gasteiger partial charge in [0, 0.05) is 0 Å². The van der Waals surface area contributed by atoms with Crippen LogP contribution in [0.1, 0.15) is 151 Å². The molecule has 37 nitrogen and oxygen atoms in total. The summed E-state index contributed by atoms with van der Waals surface area (Å²) in [6.07, 6.45) is -68.1. The predicted octanol–water partition coefficient (Wildman–Crippen LogP) is 7.70. The molecule has 15 aliphatic heterocycles. The van der Waals surface area contributed by atoms with Crippen molar-refractivity contribution in [3.8, 4) is 0 Å². The van der Waals surface area contributed by atoms with Gasteiger partial charge in [0.1, 0.15) is 165 Å². The van der Waals surface area contributed by atoms with E-state index < -0.39 is 370 Å². The van der Waals surface area contributed by atoms with Crippen LogP contribution in [0.3, 0.4) is 0 Å². The minimum atomic E-state index is -5.07. The van der Waals surface area contributed by atoms with Gasteiger partial charge in [-0.2, -0.15) is 8.42 Å².